The molecule has 1 N–H and O–H groups in total. The van der Waals surface area contributed by atoms with Crippen LogP contribution in [-0.2, 0) is 16.0 Å². The second kappa shape index (κ2) is 7.14. The van der Waals surface area contributed by atoms with Crippen molar-refractivity contribution < 1.29 is 19.4 Å². The summed E-state index contributed by atoms with van der Waals surface area (Å²) in [5.74, 6) is -0.755. The highest BCUT2D eigenvalue weighted by Crippen LogP contribution is 2.23. The van der Waals surface area contributed by atoms with Crippen LogP contribution in [0.15, 0.2) is 18.2 Å². The molecule has 0 bridgehead atoms. The van der Waals surface area contributed by atoms with Gasteiger partial charge in [-0.25, -0.2) is 0 Å². The van der Waals surface area contributed by atoms with Crippen LogP contribution in [0, 0.1) is 0 Å². The first-order valence-electron chi connectivity index (χ1n) is 6.18. The third-order valence-corrected chi connectivity index (χ3v) is 3.07. The molecular formula is C14H18ClNO4. The molecule has 1 aromatic rings. The van der Waals surface area contributed by atoms with Crippen LogP contribution in [0.2, 0.25) is 5.02 Å². The fourth-order valence-electron chi connectivity index (χ4n) is 1.85. The van der Waals surface area contributed by atoms with Gasteiger partial charge in [0.15, 0.2) is 0 Å². The van der Waals surface area contributed by atoms with E-state index in [1.54, 1.807) is 32.0 Å². The van der Waals surface area contributed by atoms with E-state index in [0.29, 0.717) is 16.3 Å². The van der Waals surface area contributed by atoms with Gasteiger partial charge in [-0.15, -0.1) is 0 Å². The molecule has 5 nitrogen and oxygen atoms in total. The maximum Gasteiger partial charge on any atom is 0.323 e. The fraction of sp³-hybridized carbons (Fsp3) is 0.429. The van der Waals surface area contributed by atoms with E-state index in [0.717, 1.165) is 0 Å². The molecule has 1 aromatic carbocycles. The van der Waals surface area contributed by atoms with Crippen molar-refractivity contribution in [1.82, 2.24) is 4.90 Å². The predicted molar refractivity (Wildman–Crippen MR) is 76.2 cm³/mol. The second-order valence-electron chi connectivity index (χ2n) is 4.64. The molecule has 1 rings (SSSR count). The first-order chi connectivity index (χ1) is 9.35. The highest BCUT2D eigenvalue weighted by molar-refractivity contribution is 6.30. The highest BCUT2D eigenvalue weighted by atomic mass is 35.5. The van der Waals surface area contributed by atoms with Gasteiger partial charge in [0.05, 0.1) is 13.5 Å². The number of hydrogen-bond donors (Lipinski definition) is 1. The number of carbonyl (C=O) groups is 2. The van der Waals surface area contributed by atoms with Crippen molar-refractivity contribution >= 4 is 23.5 Å². The molecule has 0 saturated heterocycles. The van der Waals surface area contributed by atoms with E-state index in [-0.39, 0.29) is 24.9 Å². The van der Waals surface area contributed by atoms with E-state index in [4.69, 9.17) is 21.4 Å². The van der Waals surface area contributed by atoms with E-state index >= 15 is 0 Å². The number of nitrogens with zero attached hydrogens (tertiary/aromatic N) is 1. The third-order valence-electron chi connectivity index (χ3n) is 2.83. The second-order valence-corrected chi connectivity index (χ2v) is 5.08. The van der Waals surface area contributed by atoms with Crippen LogP contribution in [-0.4, -0.2) is 41.6 Å². The van der Waals surface area contributed by atoms with Crippen molar-refractivity contribution in [3.05, 3.63) is 28.8 Å². The van der Waals surface area contributed by atoms with Crippen molar-refractivity contribution in [2.75, 3.05) is 13.7 Å². The number of carboxylic acids is 1. The summed E-state index contributed by atoms with van der Waals surface area (Å²) < 4.78 is 5.18. The van der Waals surface area contributed by atoms with Gasteiger partial charge in [-0.05, 0) is 32.0 Å². The molecule has 0 saturated carbocycles. The number of aliphatic carboxylic acids is 1. The fourth-order valence-corrected chi connectivity index (χ4v) is 2.05. The smallest absolute Gasteiger partial charge is 0.323 e. The molecular weight excluding hydrogens is 282 g/mol. The average Bonchev–Trinajstić information content (AvgIpc) is 2.35. The monoisotopic (exact) mass is 299 g/mol. The van der Waals surface area contributed by atoms with Crippen molar-refractivity contribution in [2.45, 2.75) is 26.3 Å². The van der Waals surface area contributed by atoms with E-state index in [1.165, 1.54) is 12.0 Å². The van der Waals surface area contributed by atoms with E-state index < -0.39 is 5.97 Å². The molecule has 0 radical (unpaired) electrons. The molecule has 0 unspecified atom stereocenters. The number of methoxy groups -OCH3 is 1. The Morgan fingerprint density at radius 2 is 2.05 bits per heavy atom. The molecule has 1 amide bonds. The Labute approximate surface area is 123 Å². The summed E-state index contributed by atoms with van der Waals surface area (Å²) in [5, 5.41) is 9.36. The van der Waals surface area contributed by atoms with Gasteiger partial charge in [-0.1, -0.05) is 11.6 Å². The van der Waals surface area contributed by atoms with Crippen molar-refractivity contribution in [3.63, 3.8) is 0 Å². The molecule has 0 aliphatic heterocycles. The first kappa shape index (κ1) is 16.3. The Balaban J connectivity index is 2.93. The van der Waals surface area contributed by atoms with Crippen molar-refractivity contribution in [3.8, 4) is 5.75 Å². The summed E-state index contributed by atoms with van der Waals surface area (Å²) in [6.07, 6.45) is 0.0508. The molecule has 0 fully saturated rings. The minimum Gasteiger partial charge on any atom is -0.496 e. The molecule has 20 heavy (non-hydrogen) atoms. The van der Waals surface area contributed by atoms with E-state index in [9.17, 15) is 9.59 Å². The van der Waals surface area contributed by atoms with Gasteiger partial charge in [0.2, 0.25) is 5.91 Å². The quantitative estimate of drug-likeness (QED) is 0.874. The van der Waals surface area contributed by atoms with E-state index in [2.05, 4.69) is 0 Å². The molecule has 0 aliphatic carbocycles. The molecule has 0 heterocycles. The largest absolute Gasteiger partial charge is 0.496 e. The van der Waals surface area contributed by atoms with Gasteiger partial charge in [-0.3, -0.25) is 9.59 Å². The van der Waals surface area contributed by atoms with Crippen LogP contribution >= 0.6 is 11.6 Å². The van der Waals surface area contributed by atoms with Crippen LogP contribution in [0.1, 0.15) is 19.4 Å². The number of carboxylic acid groups (broad SMARTS) is 1. The summed E-state index contributed by atoms with van der Waals surface area (Å²) in [6, 6.07) is 4.81. The maximum absolute atomic E-state index is 12.2. The lowest BCUT2D eigenvalue weighted by Crippen LogP contribution is -2.41. The number of benzene rings is 1. The van der Waals surface area contributed by atoms with Gasteiger partial charge < -0.3 is 14.7 Å². The highest BCUT2D eigenvalue weighted by Gasteiger charge is 2.21. The lowest BCUT2D eigenvalue weighted by molar-refractivity contribution is -0.145. The van der Waals surface area contributed by atoms with Crippen LogP contribution in [0.5, 0.6) is 5.75 Å². The van der Waals surface area contributed by atoms with Crippen LogP contribution < -0.4 is 4.74 Å². The van der Waals surface area contributed by atoms with Crippen molar-refractivity contribution in [2.24, 2.45) is 0 Å². The Bertz CT molecular complexity index is 502. The summed E-state index contributed by atoms with van der Waals surface area (Å²) in [6.45, 7) is 3.23. The molecule has 0 aliphatic rings. The zero-order chi connectivity index (χ0) is 15.3. The molecule has 110 valence electrons. The number of carbonyl (C=O) groups excluding carboxylic acids is 1. The topological polar surface area (TPSA) is 66.8 Å². The first-order valence-corrected chi connectivity index (χ1v) is 6.56. The van der Waals surface area contributed by atoms with Crippen molar-refractivity contribution in [1.29, 1.82) is 0 Å². The predicted octanol–water partition coefficient (Wildman–Crippen LogP) is 2.21. The van der Waals surface area contributed by atoms with Gasteiger partial charge in [0.1, 0.15) is 12.3 Å². The zero-order valence-electron chi connectivity index (χ0n) is 11.7. The molecule has 6 heteroatoms. The average molecular weight is 300 g/mol. The Hall–Kier alpha value is -1.75. The summed E-state index contributed by atoms with van der Waals surface area (Å²) in [7, 11) is 1.51. The molecule has 0 spiro atoms. The summed E-state index contributed by atoms with van der Waals surface area (Å²) in [5.41, 5.74) is 0.640. The zero-order valence-corrected chi connectivity index (χ0v) is 12.5. The van der Waals surface area contributed by atoms with Crippen LogP contribution in [0.25, 0.3) is 0 Å². The van der Waals surface area contributed by atoms with Crippen LogP contribution in [0.3, 0.4) is 0 Å². The number of amides is 1. The third kappa shape index (κ3) is 4.42. The Morgan fingerprint density at radius 1 is 1.40 bits per heavy atom. The summed E-state index contributed by atoms with van der Waals surface area (Å²) in [4.78, 5) is 24.3. The summed E-state index contributed by atoms with van der Waals surface area (Å²) >= 11 is 5.91. The van der Waals surface area contributed by atoms with E-state index in [1.807, 2.05) is 0 Å². The van der Waals surface area contributed by atoms with Gasteiger partial charge in [0.25, 0.3) is 0 Å². The normalized spacial score (nSPS) is 10.4. The van der Waals surface area contributed by atoms with Gasteiger partial charge >= 0.3 is 5.97 Å². The Morgan fingerprint density at radius 3 is 2.55 bits per heavy atom. The van der Waals surface area contributed by atoms with Gasteiger partial charge in [0, 0.05) is 16.6 Å². The number of hydrogen-bond acceptors (Lipinski definition) is 3. The minimum atomic E-state index is -1.04. The molecule has 0 aromatic heterocycles. The van der Waals surface area contributed by atoms with Crippen LogP contribution in [0.4, 0.5) is 0 Å². The number of halogens is 1. The van der Waals surface area contributed by atoms with Gasteiger partial charge in [-0.2, -0.15) is 0 Å². The SMILES string of the molecule is COc1ccc(Cl)cc1CC(=O)N(CC(=O)O)C(C)C. The minimum absolute atomic E-state index is 0.0508. The lowest BCUT2D eigenvalue weighted by Gasteiger charge is -2.25. The number of ether oxygens (including phenoxy) is 1. The Kier molecular flexibility index (Phi) is 5.82. The standard InChI is InChI=1S/C14H18ClNO4/c1-9(2)16(8-14(18)19)13(17)7-10-6-11(15)4-5-12(10)20-3/h4-6,9H,7-8H2,1-3H3,(H,18,19). The number of rotatable bonds is 6. The maximum atomic E-state index is 12.2. The lowest BCUT2D eigenvalue weighted by atomic mass is 10.1. The molecule has 0 atom stereocenters.